The minimum absolute atomic E-state index is 0.0561. The highest BCUT2D eigenvalue weighted by Gasteiger charge is 2.25. The van der Waals surface area contributed by atoms with E-state index in [1.54, 1.807) is 44.6 Å². The Labute approximate surface area is 280 Å². The second-order valence-corrected chi connectivity index (χ2v) is 12.2. The van der Waals surface area contributed by atoms with Crippen LogP contribution in [0.1, 0.15) is 31.7 Å². The number of amides is 2. The van der Waals surface area contributed by atoms with Crippen LogP contribution in [0.2, 0.25) is 0 Å². The number of fused-ring (bicyclic) bond motifs is 3. The summed E-state index contributed by atoms with van der Waals surface area (Å²) in [4.78, 5) is 44.8. The fourth-order valence-electron chi connectivity index (χ4n) is 5.39. The third-order valence-corrected chi connectivity index (χ3v) is 9.29. The molecule has 2 amide bonds. The van der Waals surface area contributed by atoms with Crippen LogP contribution in [-0.2, 0) is 22.6 Å². The minimum Gasteiger partial charge on any atom is -0.493 e. The van der Waals surface area contributed by atoms with E-state index in [0.717, 1.165) is 5.56 Å². The third-order valence-electron chi connectivity index (χ3n) is 7.93. The van der Waals surface area contributed by atoms with E-state index in [-0.39, 0.29) is 43.9 Å². The number of rotatable bonds is 14. The maximum atomic E-state index is 13.9. The fraction of sp³-hybridized carbons (Fsp3) is 0.353. The van der Waals surface area contributed by atoms with E-state index in [1.165, 1.54) is 16.3 Å². The largest absolute Gasteiger partial charge is 0.493 e. The molecule has 4 aromatic rings. The molecule has 0 fully saturated rings. The highest BCUT2D eigenvalue weighted by atomic mass is 32.2. The van der Waals surface area contributed by atoms with Crippen molar-refractivity contribution in [2.45, 2.75) is 49.6 Å². The van der Waals surface area contributed by atoms with Gasteiger partial charge in [0.05, 0.1) is 30.4 Å². The molecule has 6 rings (SSSR count). The lowest BCUT2D eigenvalue weighted by Gasteiger charge is -2.18. The van der Waals surface area contributed by atoms with Crippen LogP contribution in [0.5, 0.6) is 34.5 Å². The van der Waals surface area contributed by atoms with Crippen LogP contribution in [0, 0.1) is 0 Å². The number of methoxy groups -OCH3 is 2. The molecule has 48 heavy (non-hydrogen) atoms. The second-order valence-electron chi connectivity index (χ2n) is 11.0. The normalized spacial score (nSPS) is 13.3. The summed E-state index contributed by atoms with van der Waals surface area (Å²) in [6.45, 7) is 2.75. The van der Waals surface area contributed by atoms with Crippen molar-refractivity contribution in [2.75, 3.05) is 39.7 Å². The summed E-state index contributed by atoms with van der Waals surface area (Å²) < 4.78 is 34.0. The molecule has 0 spiro atoms. The molecule has 0 radical (unpaired) electrons. The molecule has 0 saturated heterocycles. The lowest BCUT2D eigenvalue weighted by molar-refractivity contribution is -0.121. The molecular weight excluding hydrogens is 640 g/mol. The third kappa shape index (κ3) is 7.23. The summed E-state index contributed by atoms with van der Waals surface area (Å²) in [6.07, 6.45) is 1.67. The summed E-state index contributed by atoms with van der Waals surface area (Å²) in [5.74, 6) is 3.03. The highest BCUT2D eigenvalue weighted by molar-refractivity contribution is 8.00. The number of thioether (sulfide) groups is 1. The first-order valence-corrected chi connectivity index (χ1v) is 16.4. The zero-order valence-electron chi connectivity index (χ0n) is 26.8. The van der Waals surface area contributed by atoms with Gasteiger partial charge in [-0.25, -0.2) is 4.98 Å². The van der Waals surface area contributed by atoms with Gasteiger partial charge >= 0.3 is 0 Å². The topological polar surface area (TPSA) is 148 Å². The van der Waals surface area contributed by atoms with E-state index in [9.17, 15) is 14.4 Å². The number of hydrogen-bond donors (Lipinski definition) is 2. The first-order chi connectivity index (χ1) is 23.4. The van der Waals surface area contributed by atoms with Gasteiger partial charge in [0.15, 0.2) is 39.7 Å². The van der Waals surface area contributed by atoms with Gasteiger partial charge < -0.3 is 39.1 Å². The fourth-order valence-corrected chi connectivity index (χ4v) is 6.43. The van der Waals surface area contributed by atoms with E-state index >= 15 is 0 Å². The van der Waals surface area contributed by atoms with Crippen molar-refractivity contribution in [1.82, 2.24) is 14.9 Å². The number of carbonyl (C=O) groups excluding carboxylic acids is 2. The molecule has 3 aromatic carbocycles. The summed E-state index contributed by atoms with van der Waals surface area (Å²) >= 11 is 1.20. The number of ether oxygens (including phenoxy) is 6. The lowest BCUT2D eigenvalue weighted by atomic mass is 10.1. The maximum absolute atomic E-state index is 13.9. The van der Waals surface area contributed by atoms with Gasteiger partial charge in [-0.2, -0.15) is 0 Å². The van der Waals surface area contributed by atoms with Gasteiger partial charge in [-0.15, -0.1) is 0 Å². The van der Waals surface area contributed by atoms with Crippen molar-refractivity contribution in [3.05, 3.63) is 64.4 Å². The molecule has 0 saturated carbocycles. The van der Waals surface area contributed by atoms with Gasteiger partial charge in [0.1, 0.15) is 0 Å². The molecule has 1 aromatic heterocycles. The predicted molar refractivity (Wildman–Crippen MR) is 179 cm³/mol. The molecule has 14 heteroatoms. The molecule has 0 aliphatic carbocycles. The second kappa shape index (κ2) is 14.8. The smallest absolute Gasteiger partial charge is 0.262 e. The van der Waals surface area contributed by atoms with Crippen LogP contribution in [0.15, 0.2) is 58.5 Å². The number of anilines is 1. The standard InChI is InChI=1S/C34H36N4O9S/c1-4-30(32(40)36-21-8-10-25-27(15-21)45-18-44-25)48-34-37-23-17-29-28(46-19-47-29)16-22(23)33(41)38(34)13-5-6-31(39)35-12-11-20-7-9-24(42-2)26(14-20)43-3/h7-10,14-17,30H,4-6,11-13,18-19H2,1-3H3,(H,35,39)(H,36,40)/t30-/m0/s1. The Morgan fingerprint density at radius 2 is 1.67 bits per heavy atom. The average Bonchev–Trinajstić information content (AvgIpc) is 3.76. The van der Waals surface area contributed by atoms with Crippen LogP contribution in [0.4, 0.5) is 5.69 Å². The SMILES string of the molecule is CC[C@H](Sc1nc2cc3c(cc2c(=O)n1CCCC(=O)NCCc1ccc(OC)c(OC)c1)OCO3)C(=O)Nc1ccc2c(c1)OCO2. The van der Waals surface area contributed by atoms with Crippen LogP contribution >= 0.6 is 11.8 Å². The number of hydrogen-bond acceptors (Lipinski definition) is 11. The number of nitrogens with one attached hydrogen (secondary N) is 2. The van der Waals surface area contributed by atoms with Crippen LogP contribution in [0.25, 0.3) is 10.9 Å². The van der Waals surface area contributed by atoms with Crippen LogP contribution in [0.3, 0.4) is 0 Å². The molecule has 0 unspecified atom stereocenters. The molecule has 13 nitrogen and oxygen atoms in total. The number of carbonyl (C=O) groups is 2. The number of aromatic nitrogens is 2. The van der Waals surface area contributed by atoms with Gasteiger partial charge in [-0.05, 0) is 55.2 Å². The van der Waals surface area contributed by atoms with Crippen molar-refractivity contribution in [3.63, 3.8) is 0 Å². The Kier molecular flexibility index (Phi) is 10.1. The van der Waals surface area contributed by atoms with Gasteiger partial charge in [-0.3, -0.25) is 19.0 Å². The highest BCUT2D eigenvalue weighted by Crippen LogP contribution is 2.37. The first kappa shape index (κ1) is 32.8. The Morgan fingerprint density at radius 1 is 0.938 bits per heavy atom. The van der Waals surface area contributed by atoms with Crippen LogP contribution in [-0.4, -0.2) is 61.0 Å². The zero-order valence-corrected chi connectivity index (χ0v) is 27.6. The summed E-state index contributed by atoms with van der Waals surface area (Å²) in [7, 11) is 3.16. The van der Waals surface area contributed by atoms with Gasteiger partial charge in [0.25, 0.3) is 5.56 Å². The van der Waals surface area contributed by atoms with Gasteiger partial charge in [0, 0.05) is 37.3 Å². The summed E-state index contributed by atoms with van der Waals surface area (Å²) in [6, 6.07) is 14.1. The van der Waals surface area contributed by atoms with E-state index in [1.807, 2.05) is 25.1 Å². The molecule has 252 valence electrons. The molecule has 1 atom stereocenters. The average molecular weight is 677 g/mol. The molecule has 2 N–H and O–H groups in total. The molecule has 0 bridgehead atoms. The lowest BCUT2D eigenvalue weighted by Crippen LogP contribution is -2.29. The Balaban J connectivity index is 1.14. The van der Waals surface area contributed by atoms with Crippen molar-refractivity contribution in [1.29, 1.82) is 0 Å². The van der Waals surface area contributed by atoms with Gasteiger partial charge in [0.2, 0.25) is 25.4 Å². The Hall–Kier alpha value is -5.11. The van der Waals surface area contributed by atoms with Crippen molar-refractivity contribution >= 4 is 40.2 Å². The van der Waals surface area contributed by atoms with Crippen molar-refractivity contribution in [3.8, 4) is 34.5 Å². The number of nitrogens with zero attached hydrogens (tertiary/aromatic N) is 2. The monoisotopic (exact) mass is 676 g/mol. The first-order valence-electron chi connectivity index (χ1n) is 15.6. The molecule has 2 aliphatic rings. The number of benzene rings is 3. The molecule has 2 aliphatic heterocycles. The maximum Gasteiger partial charge on any atom is 0.262 e. The van der Waals surface area contributed by atoms with E-state index in [4.69, 9.17) is 33.4 Å². The quantitative estimate of drug-likeness (QED) is 0.144. The van der Waals surface area contributed by atoms with Crippen LogP contribution < -0.4 is 44.6 Å². The summed E-state index contributed by atoms with van der Waals surface area (Å²) in [5.41, 5.74) is 1.71. The zero-order chi connectivity index (χ0) is 33.6. The summed E-state index contributed by atoms with van der Waals surface area (Å²) in [5, 5.41) is 6.04. The molecule has 3 heterocycles. The Bertz CT molecular complexity index is 1900. The van der Waals surface area contributed by atoms with E-state index in [0.29, 0.717) is 82.1 Å². The predicted octanol–water partition coefficient (Wildman–Crippen LogP) is 4.52. The van der Waals surface area contributed by atoms with Crippen molar-refractivity contribution in [2.24, 2.45) is 0 Å². The molecular formula is C34H36N4O9S. The van der Waals surface area contributed by atoms with Gasteiger partial charge in [-0.1, -0.05) is 24.8 Å². The Morgan fingerprint density at radius 3 is 2.42 bits per heavy atom. The minimum atomic E-state index is -0.570. The van der Waals surface area contributed by atoms with E-state index < -0.39 is 5.25 Å². The van der Waals surface area contributed by atoms with E-state index in [2.05, 4.69) is 10.6 Å². The van der Waals surface area contributed by atoms with Crippen molar-refractivity contribution < 1.29 is 38.0 Å².